The molecular weight excluding hydrogens is 422 g/mol. The number of rotatable bonds is 27. The smallest absolute Gasteiger partial charge is 0.0870 e. The van der Waals surface area contributed by atoms with E-state index in [0.717, 1.165) is 6.04 Å². The summed E-state index contributed by atoms with van der Waals surface area (Å²) in [4.78, 5) is 1.69. The summed E-state index contributed by atoms with van der Waals surface area (Å²) in [5.74, 6) is 0. The third kappa shape index (κ3) is 28.4. The normalized spacial score (nSPS) is 11.5. The van der Waals surface area contributed by atoms with Gasteiger partial charge >= 0.3 is 0 Å². The van der Waals surface area contributed by atoms with Gasteiger partial charge in [0.1, 0.15) is 0 Å². The van der Waals surface area contributed by atoms with Crippen molar-refractivity contribution < 1.29 is 17.3 Å². The van der Waals surface area contributed by atoms with E-state index in [4.69, 9.17) is 0 Å². The highest BCUT2D eigenvalue weighted by Gasteiger charge is 2.13. The highest BCUT2D eigenvalue weighted by atomic mass is 35.5. The van der Waals surface area contributed by atoms with E-state index < -0.39 is 0 Å². The summed E-state index contributed by atoms with van der Waals surface area (Å²) in [6.45, 7) is 4.61. The number of hydrogen-bond acceptors (Lipinski definition) is 0. The molecule has 33 heavy (non-hydrogen) atoms. The molecule has 0 fully saturated rings. The van der Waals surface area contributed by atoms with Gasteiger partial charge in [-0.05, 0) is 25.7 Å². The van der Waals surface area contributed by atoms with Gasteiger partial charge in [-0.1, -0.05) is 155 Å². The van der Waals surface area contributed by atoms with Gasteiger partial charge in [0.05, 0.1) is 20.1 Å². The molecule has 0 aliphatic carbocycles. The van der Waals surface area contributed by atoms with Crippen LogP contribution in [0.1, 0.15) is 181 Å². The standard InChI is InChI=1S/C31H65N.ClH/c1-5-7-9-11-13-15-17-19-21-23-25-27-29-31(32(3)4)30-28-26-24-22-20-18-16-14-12-10-8-6-2;/h31H,5-30H2,1-4H3;1H. The Morgan fingerprint density at radius 2 is 0.576 bits per heavy atom. The molecular formula is C31H66ClN. The van der Waals surface area contributed by atoms with Gasteiger partial charge in [-0.2, -0.15) is 0 Å². The fourth-order valence-electron chi connectivity index (χ4n) is 5.19. The van der Waals surface area contributed by atoms with Crippen LogP contribution >= 0.6 is 0 Å². The lowest BCUT2D eigenvalue weighted by molar-refractivity contribution is -0.886. The van der Waals surface area contributed by atoms with Crippen molar-refractivity contribution in [2.45, 2.75) is 187 Å². The highest BCUT2D eigenvalue weighted by Crippen LogP contribution is 2.15. The summed E-state index contributed by atoms with van der Waals surface area (Å²) in [6, 6.07) is 0.904. The first kappa shape index (κ1) is 35.4. The summed E-state index contributed by atoms with van der Waals surface area (Å²) in [7, 11) is 4.76. The lowest BCUT2D eigenvalue weighted by atomic mass is 9.99. The molecule has 202 valence electrons. The maximum atomic E-state index is 2.38. The quantitative estimate of drug-likeness (QED) is 0.123. The van der Waals surface area contributed by atoms with Crippen molar-refractivity contribution in [1.29, 1.82) is 0 Å². The summed E-state index contributed by atoms with van der Waals surface area (Å²) in [6.07, 6.45) is 38.0. The second-order valence-electron chi connectivity index (χ2n) is 11.1. The molecule has 0 aliphatic rings. The van der Waals surface area contributed by atoms with Crippen molar-refractivity contribution in [2.75, 3.05) is 14.1 Å². The third-order valence-corrected chi connectivity index (χ3v) is 7.63. The molecule has 0 radical (unpaired) electrons. The van der Waals surface area contributed by atoms with E-state index in [9.17, 15) is 0 Å². The molecule has 1 N–H and O–H groups in total. The molecule has 0 aromatic rings. The number of quaternary nitrogens is 1. The Balaban J connectivity index is 0. The Kier molecular flexibility index (Phi) is 32.5. The van der Waals surface area contributed by atoms with Gasteiger partial charge in [0, 0.05) is 0 Å². The molecule has 0 atom stereocenters. The highest BCUT2D eigenvalue weighted by molar-refractivity contribution is 4.58. The monoisotopic (exact) mass is 487 g/mol. The van der Waals surface area contributed by atoms with Crippen LogP contribution in [-0.2, 0) is 0 Å². The van der Waals surface area contributed by atoms with E-state index in [1.54, 1.807) is 4.90 Å². The average Bonchev–Trinajstić information content (AvgIpc) is 2.78. The van der Waals surface area contributed by atoms with E-state index in [0.29, 0.717) is 0 Å². The van der Waals surface area contributed by atoms with E-state index in [1.165, 1.54) is 167 Å². The topological polar surface area (TPSA) is 4.44 Å². The van der Waals surface area contributed by atoms with Crippen LogP contribution < -0.4 is 17.3 Å². The van der Waals surface area contributed by atoms with Gasteiger partial charge in [0.25, 0.3) is 0 Å². The molecule has 0 saturated carbocycles. The fourth-order valence-corrected chi connectivity index (χ4v) is 5.19. The number of halogens is 1. The minimum Gasteiger partial charge on any atom is -1.00 e. The zero-order valence-electron chi connectivity index (χ0n) is 23.8. The molecule has 1 nitrogen and oxygen atoms in total. The van der Waals surface area contributed by atoms with E-state index in [1.807, 2.05) is 0 Å². The van der Waals surface area contributed by atoms with Gasteiger partial charge in [0.15, 0.2) is 0 Å². The molecule has 0 aliphatic heterocycles. The van der Waals surface area contributed by atoms with Gasteiger partial charge in [-0.25, -0.2) is 0 Å². The van der Waals surface area contributed by atoms with Gasteiger partial charge in [-0.15, -0.1) is 0 Å². The van der Waals surface area contributed by atoms with Crippen LogP contribution in [0, 0.1) is 0 Å². The van der Waals surface area contributed by atoms with Crippen LogP contribution in [0.15, 0.2) is 0 Å². The Morgan fingerprint density at radius 1 is 0.364 bits per heavy atom. The third-order valence-electron chi connectivity index (χ3n) is 7.63. The molecule has 0 amide bonds. The van der Waals surface area contributed by atoms with Crippen LogP contribution in [0.3, 0.4) is 0 Å². The minimum atomic E-state index is 0. The maximum Gasteiger partial charge on any atom is 0.0870 e. The summed E-state index contributed by atoms with van der Waals surface area (Å²) >= 11 is 0. The molecule has 2 heteroatoms. The fraction of sp³-hybridized carbons (Fsp3) is 1.00. The Hall–Kier alpha value is 0.250. The second-order valence-corrected chi connectivity index (χ2v) is 11.1. The molecule has 0 saturated heterocycles. The Morgan fingerprint density at radius 3 is 0.788 bits per heavy atom. The SMILES string of the molecule is CCCCCCCCCCCCCCC(CCCCCCCCCCCCCC)[NH+](C)C.[Cl-]. The van der Waals surface area contributed by atoms with E-state index in [-0.39, 0.29) is 12.4 Å². The molecule has 0 spiro atoms. The van der Waals surface area contributed by atoms with E-state index >= 15 is 0 Å². The molecule has 0 heterocycles. The zero-order chi connectivity index (χ0) is 23.5. The summed E-state index contributed by atoms with van der Waals surface area (Å²) < 4.78 is 0. The van der Waals surface area contributed by atoms with Crippen LogP contribution in [0.5, 0.6) is 0 Å². The number of nitrogens with one attached hydrogen (secondary N) is 1. The first-order valence-electron chi connectivity index (χ1n) is 15.5. The molecule has 0 bridgehead atoms. The van der Waals surface area contributed by atoms with Crippen LogP contribution in [0.4, 0.5) is 0 Å². The predicted molar refractivity (Wildman–Crippen MR) is 148 cm³/mol. The van der Waals surface area contributed by atoms with Crippen molar-refractivity contribution >= 4 is 0 Å². The van der Waals surface area contributed by atoms with Crippen molar-refractivity contribution in [3.05, 3.63) is 0 Å². The first-order chi connectivity index (χ1) is 15.7. The molecule has 0 aromatic carbocycles. The number of unbranched alkanes of at least 4 members (excludes halogenated alkanes) is 22. The van der Waals surface area contributed by atoms with Gasteiger partial charge < -0.3 is 17.3 Å². The Bertz CT molecular complexity index is 303. The molecule has 0 unspecified atom stereocenters. The van der Waals surface area contributed by atoms with Crippen molar-refractivity contribution in [3.8, 4) is 0 Å². The van der Waals surface area contributed by atoms with Crippen molar-refractivity contribution in [2.24, 2.45) is 0 Å². The summed E-state index contributed by atoms with van der Waals surface area (Å²) in [5.41, 5.74) is 0. The first-order valence-corrected chi connectivity index (χ1v) is 15.5. The number of hydrogen-bond donors (Lipinski definition) is 1. The lowest BCUT2D eigenvalue weighted by Gasteiger charge is -2.21. The van der Waals surface area contributed by atoms with Crippen molar-refractivity contribution in [3.63, 3.8) is 0 Å². The minimum absolute atomic E-state index is 0. The molecule has 0 aromatic heterocycles. The zero-order valence-corrected chi connectivity index (χ0v) is 24.6. The van der Waals surface area contributed by atoms with Crippen molar-refractivity contribution in [1.82, 2.24) is 0 Å². The van der Waals surface area contributed by atoms with Crippen LogP contribution in [0.25, 0.3) is 0 Å². The van der Waals surface area contributed by atoms with Crippen LogP contribution in [-0.4, -0.2) is 20.1 Å². The van der Waals surface area contributed by atoms with Crippen LogP contribution in [0.2, 0.25) is 0 Å². The summed E-state index contributed by atoms with van der Waals surface area (Å²) in [5, 5.41) is 0. The largest absolute Gasteiger partial charge is 1.00 e. The van der Waals surface area contributed by atoms with E-state index in [2.05, 4.69) is 27.9 Å². The molecule has 0 rings (SSSR count). The Labute approximate surface area is 218 Å². The maximum absolute atomic E-state index is 2.38. The second kappa shape index (κ2) is 30.3. The van der Waals surface area contributed by atoms with Gasteiger partial charge in [0.2, 0.25) is 0 Å². The average molecular weight is 488 g/mol. The predicted octanol–water partition coefficient (Wildman–Crippen LogP) is 6.69. The lowest BCUT2D eigenvalue weighted by Crippen LogP contribution is -3.10. The van der Waals surface area contributed by atoms with Gasteiger partial charge in [-0.3, -0.25) is 0 Å².